The van der Waals surface area contributed by atoms with Crippen LogP contribution in [0.1, 0.15) is 27.2 Å². The number of rotatable bonds is 3. The number of piperazine rings is 1. The van der Waals surface area contributed by atoms with Gasteiger partial charge in [-0.3, -0.25) is 9.59 Å². The number of amides is 2. The molecule has 1 aliphatic rings. The molecule has 0 bridgehead atoms. The van der Waals surface area contributed by atoms with Crippen LogP contribution in [0, 0.1) is 5.92 Å². The van der Waals surface area contributed by atoms with Crippen LogP contribution in [0.25, 0.3) is 0 Å². The van der Waals surface area contributed by atoms with Gasteiger partial charge < -0.3 is 15.5 Å². The first-order chi connectivity index (χ1) is 7.97. The Kier molecular flexibility index (Phi) is 4.93. The van der Waals surface area contributed by atoms with E-state index in [-0.39, 0.29) is 17.7 Å². The molecule has 5 heteroatoms. The van der Waals surface area contributed by atoms with Crippen molar-refractivity contribution in [2.45, 2.75) is 33.2 Å². The number of hydrogen-bond donors (Lipinski definition) is 1. The van der Waals surface area contributed by atoms with Crippen molar-refractivity contribution < 1.29 is 9.59 Å². The maximum atomic E-state index is 12.1. The summed E-state index contributed by atoms with van der Waals surface area (Å²) < 4.78 is 0. The fourth-order valence-electron chi connectivity index (χ4n) is 1.95. The van der Waals surface area contributed by atoms with Crippen molar-refractivity contribution >= 4 is 11.8 Å². The second-order valence-electron chi connectivity index (χ2n) is 4.74. The molecule has 1 fully saturated rings. The van der Waals surface area contributed by atoms with E-state index in [1.165, 1.54) is 0 Å². The van der Waals surface area contributed by atoms with Crippen LogP contribution in [0.4, 0.5) is 0 Å². The first-order valence-electron chi connectivity index (χ1n) is 6.27. The van der Waals surface area contributed by atoms with E-state index in [4.69, 9.17) is 5.73 Å². The zero-order chi connectivity index (χ0) is 13.0. The first kappa shape index (κ1) is 14.0. The maximum absolute atomic E-state index is 12.1. The molecule has 98 valence electrons. The Hall–Kier alpha value is -1.10. The van der Waals surface area contributed by atoms with Gasteiger partial charge in [0.1, 0.15) is 0 Å². The third-order valence-electron chi connectivity index (χ3n) is 3.58. The van der Waals surface area contributed by atoms with Gasteiger partial charge in [0.05, 0.1) is 6.04 Å². The molecule has 0 radical (unpaired) electrons. The third kappa shape index (κ3) is 3.43. The highest BCUT2D eigenvalue weighted by Crippen LogP contribution is 2.10. The molecule has 0 aromatic carbocycles. The van der Waals surface area contributed by atoms with Crippen molar-refractivity contribution in [1.29, 1.82) is 0 Å². The maximum Gasteiger partial charge on any atom is 0.239 e. The van der Waals surface area contributed by atoms with Crippen LogP contribution >= 0.6 is 0 Å². The highest BCUT2D eigenvalue weighted by molar-refractivity contribution is 5.82. The van der Waals surface area contributed by atoms with Crippen LogP contribution in [0.5, 0.6) is 0 Å². The van der Waals surface area contributed by atoms with Gasteiger partial charge >= 0.3 is 0 Å². The van der Waals surface area contributed by atoms with Gasteiger partial charge in [-0.25, -0.2) is 0 Å². The molecule has 17 heavy (non-hydrogen) atoms. The van der Waals surface area contributed by atoms with Crippen LogP contribution in [0.15, 0.2) is 0 Å². The fraction of sp³-hybridized carbons (Fsp3) is 0.833. The minimum Gasteiger partial charge on any atom is -0.339 e. The van der Waals surface area contributed by atoms with Gasteiger partial charge in [0, 0.05) is 33.1 Å². The second-order valence-corrected chi connectivity index (χ2v) is 4.74. The molecular formula is C12H23N3O2. The van der Waals surface area contributed by atoms with Crippen molar-refractivity contribution in [2.75, 3.05) is 26.2 Å². The smallest absolute Gasteiger partial charge is 0.239 e. The first-order valence-corrected chi connectivity index (χ1v) is 6.27. The lowest BCUT2D eigenvalue weighted by atomic mass is 9.98. The molecule has 2 amide bonds. The van der Waals surface area contributed by atoms with Crippen molar-refractivity contribution in [1.82, 2.24) is 9.80 Å². The molecule has 1 rings (SSSR count). The van der Waals surface area contributed by atoms with Crippen LogP contribution in [0.2, 0.25) is 0 Å². The molecule has 1 aliphatic heterocycles. The van der Waals surface area contributed by atoms with E-state index in [0.29, 0.717) is 26.2 Å². The SMILES string of the molecule is CCC(C)[C@H](N)C(=O)N1CCN(C(C)=O)CC1. The van der Waals surface area contributed by atoms with E-state index in [9.17, 15) is 9.59 Å². The predicted octanol–water partition coefficient (Wildman–Crippen LogP) is 0.0505. The average Bonchev–Trinajstić information content (AvgIpc) is 2.36. The molecule has 0 aliphatic carbocycles. The van der Waals surface area contributed by atoms with Gasteiger partial charge in [0.2, 0.25) is 11.8 Å². The number of nitrogens with zero attached hydrogens (tertiary/aromatic N) is 2. The molecule has 5 nitrogen and oxygen atoms in total. The van der Waals surface area contributed by atoms with Gasteiger partial charge in [-0.05, 0) is 5.92 Å². The van der Waals surface area contributed by atoms with Gasteiger partial charge in [0.25, 0.3) is 0 Å². The number of carbonyl (C=O) groups is 2. The summed E-state index contributed by atoms with van der Waals surface area (Å²) in [6, 6.07) is -0.413. The van der Waals surface area contributed by atoms with Gasteiger partial charge in [-0.1, -0.05) is 20.3 Å². The minimum absolute atomic E-state index is 0.0163. The van der Waals surface area contributed by atoms with Crippen LogP contribution < -0.4 is 5.73 Å². The molecule has 1 unspecified atom stereocenters. The van der Waals surface area contributed by atoms with Crippen LogP contribution in [-0.4, -0.2) is 53.8 Å². The summed E-state index contributed by atoms with van der Waals surface area (Å²) in [5.41, 5.74) is 5.92. The summed E-state index contributed by atoms with van der Waals surface area (Å²) in [7, 11) is 0. The van der Waals surface area contributed by atoms with Gasteiger partial charge in [0.15, 0.2) is 0 Å². The van der Waals surface area contributed by atoms with Gasteiger partial charge in [-0.2, -0.15) is 0 Å². The topological polar surface area (TPSA) is 66.6 Å². The molecule has 0 saturated carbocycles. The lowest BCUT2D eigenvalue weighted by Gasteiger charge is -2.36. The lowest BCUT2D eigenvalue weighted by Crippen LogP contribution is -2.55. The predicted molar refractivity (Wildman–Crippen MR) is 66.3 cm³/mol. The molecule has 2 N–H and O–H groups in total. The Labute approximate surface area is 103 Å². The molecule has 0 aromatic heterocycles. The number of nitrogens with two attached hydrogens (primary N) is 1. The van der Waals surface area contributed by atoms with E-state index in [2.05, 4.69) is 0 Å². The van der Waals surface area contributed by atoms with Crippen molar-refractivity contribution in [2.24, 2.45) is 11.7 Å². The summed E-state index contributed by atoms with van der Waals surface area (Å²) in [4.78, 5) is 26.8. The summed E-state index contributed by atoms with van der Waals surface area (Å²) >= 11 is 0. The van der Waals surface area contributed by atoms with E-state index in [0.717, 1.165) is 6.42 Å². The highest BCUT2D eigenvalue weighted by Gasteiger charge is 2.28. The van der Waals surface area contributed by atoms with Crippen molar-refractivity contribution in [3.05, 3.63) is 0 Å². The zero-order valence-electron chi connectivity index (χ0n) is 11.0. The molecule has 0 spiro atoms. The fourth-order valence-corrected chi connectivity index (χ4v) is 1.95. The molecule has 0 aromatic rings. The lowest BCUT2D eigenvalue weighted by molar-refractivity contribution is -0.140. The number of carbonyl (C=O) groups excluding carboxylic acids is 2. The standard InChI is InChI=1S/C12H23N3O2/c1-4-9(2)11(13)12(17)15-7-5-14(6-8-15)10(3)16/h9,11H,4-8,13H2,1-3H3/t9?,11-/m0/s1. The zero-order valence-corrected chi connectivity index (χ0v) is 11.0. The Bertz CT molecular complexity index is 285. The van der Waals surface area contributed by atoms with E-state index in [1.54, 1.807) is 16.7 Å². The quantitative estimate of drug-likeness (QED) is 0.759. The summed E-state index contributed by atoms with van der Waals surface area (Å²) in [5, 5.41) is 0. The van der Waals surface area contributed by atoms with Crippen molar-refractivity contribution in [3.8, 4) is 0 Å². The molecule has 2 atom stereocenters. The molecular weight excluding hydrogens is 218 g/mol. The normalized spacial score (nSPS) is 20.0. The monoisotopic (exact) mass is 241 g/mol. The van der Waals surface area contributed by atoms with Crippen LogP contribution in [0.3, 0.4) is 0 Å². The Balaban J connectivity index is 2.48. The average molecular weight is 241 g/mol. The summed E-state index contributed by atoms with van der Waals surface area (Å²) in [6.07, 6.45) is 0.903. The summed E-state index contributed by atoms with van der Waals surface area (Å²) in [6.45, 7) is 8.02. The second kappa shape index (κ2) is 6.00. The molecule has 1 saturated heterocycles. The minimum atomic E-state index is -0.413. The number of hydrogen-bond acceptors (Lipinski definition) is 3. The van der Waals surface area contributed by atoms with E-state index >= 15 is 0 Å². The van der Waals surface area contributed by atoms with Gasteiger partial charge in [-0.15, -0.1) is 0 Å². The Morgan fingerprint density at radius 3 is 2.06 bits per heavy atom. The van der Waals surface area contributed by atoms with E-state index < -0.39 is 6.04 Å². The summed E-state index contributed by atoms with van der Waals surface area (Å²) in [5.74, 6) is 0.291. The van der Waals surface area contributed by atoms with E-state index in [1.807, 2.05) is 13.8 Å². The van der Waals surface area contributed by atoms with Crippen LogP contribution in [-0.2, 0) is 9.59 Å². The molecule has 1 heterocycles. The van der Waals surface area contributed by atoms with Crippen molar-refractivity contribution in [3.63, 3.8) is 0 Å². The Morgan fingerprint density at radius 2 is 1.65 bits per heavy atom. The Morgan fingerprint density at radius 1 is 1.18 bits per heavy atom. The third-order valence-corrected chi connectivity index (χ3v) is 3.58. The largest absolute Gasteiger partial charge is 0.339 e. The highest BCUT2D eigenvalue weighted by atomic mass is 16.2.